The van der Waals surface area contributed by atoms with Gasteiger partial charge in [-0.3, -0.25) is 0 Å². The van der Waals surface area contributed by atoms with Gasteiger partial charge in [-0.15, -0.1) is 11.8 Å². The van der Waals surface area contributed by atoms with Crippen molar-refractivity contribution >= 4 is 33.7 Å². The third-order valence-electron chi connectivity index (χ3n) is 5.80. The van der Waals surface area contributed by atoms with Gasteiger partial charge in [-0.1, -0.05) is 77.9 Å². The van der Waals surface area contributed by atoms with Gasteiger partial charge in [-0.05, 0) is 55.3 Å². The van der Waals surface area contributed by atoms with E-state index in [1.54, 1.807) is 11.8 Å². The zero-order chi connectivity index (χ0) is 23.9. The van der Waals surface area contributed by atoms with Crippen molar-refractivity contribution in [2.75, 3.05) is 5.75 Å². The maximum Gasteiger partial charge on any atom is 0.135 e. The molecule has 0 amide bonds. The van der Waals surface area contributed by atoms with Crippen LogP contribution in [0.5, 0.6) is 0 Å². The van der Waals surface area contributed by atoms with Crippen LogP contribution in [0.25, 0.3) is 33.1 Å². The molecule has 3 heteroatoms. The number of para-hydroxylation sites is 1. The predicted octanol–water partition coefficient (Wildman–Crippen LogP) is 9.19. The van der Waals surface area contributed by atoms with Crippen LogP contribution in [-0.2, 0) is 0 Å². The minimum atomic E-state index is -0.717. The Morgan fingerprint density at radius 1 is 0.719 bits per heavy atom. The first-order chi connectivity index (χ1) is 15.2. The van der Waals surface area contributed by atoms with E-state index >= 15 is 0 Å². The summed E-state index contributed by atoms with van der Waals surface area (Å²) in [7, 11) is 0. The van der Waals surface area contributed by atoms with Gasteiger partial charge in [0.05, 0.1) is 5.60 Å². The maximum atomic E-state index is 10.4. The molecule has 0 spiro atoms. The number of rotatable bonds is 5. The summed E-state index contributed by atoms with van der Waals surface area (Å²) in [5.41, 5.74) is 3.32. The van der Waals surface area contributed by atoms with E-state index in [0.717, 1.165) is 27.7 Å². The van der Waals surface area contributed by atoms with E-state index in [-0.39, 0.29) is 5.41 Å². The number of hydrogen-bond acceptors (Lipinski definition) is 3. The number of fused-ring (bicyclic) bond motifs is 3. The Hall–Kier alpha value is -2.23. The Bertz CT molecular complexity index is 1130. The van der Waals surface area contributed by atoms with E-state index < -0.39 is 5.60 Å². The van der Waals surface area contributed by atoms with Crippen molar-refractivity contribution in [3.63, 3.8) is 0 Å². The quantitative estimate of drug-likeness (QED) is 0.308. The van der Waals surface area contributed by atoms with Gasteiger partial charge >= 0.3 is 0 Å². The topological polar surface area (TPSA) is 33.4 Å². The number of furan rings is 1. The van der Waals surface area contributed by atoms with Crippen LogP contribution < -0.4 is 0 Å². The molecule has 32 heavy (non-hydrogen) atoms. The average Bonchev–Trinajstić information content (AvgIpc) is 3.18. The molecule has 0 atom stereocenters. The predicted molar refractivity (Wildman–Crippen MR) is 143 cm³/mol. The number of benzene rings is 3. The molecule has 4 aromatic rings. The average molecular weight is 451 g/mol. The molecule has 3 aromatic carbocycles. The van der Waals surface area contributed by atoms with Gasteiger partial charge in [0.2, 0.25) is 0 Å². The van der Waals surface area contributed by atoms with Gasteiger partial charge in [-0.25, -0.2) is 0 Å². The van der Waals surface area contributed by atoms with Crippen LogP contribution in [-0.4, -0.2) is 16.5 Å². The molecule has 0 radical (unpaired) electrons. The van der Waals surface area contributed by atoms with E-state index in [2.05, 4.69) is 62.4 Å². The highest BCUT2D eigenvalue weighted by molar-refractivity contribution is 7.99. The zero-order valence-electron chi connectivity index (χ0n) is 20.8. The molecule has 0 saturated carbocycles. The second-order valence-electron chi connectivity index (χ2n) is 8.57. The second-order valence-corrected chi connectivity index (χ2v) is 9.62. The van der Waals surface area contributed by atoms with Gasteiger partial charge in [0, 0.05) is 26.8 Å². The fourth-order valence-corrected chi connectivity index (χ4v) is 4.38. The second kappa shape index (κ2) is 11.1. The summed E-state index contributed by atoms with van der Waals surface area (Å²) in [5, 5.41) is 12.7. The summed E-state index contributed by atoms with van der Waals surface area (Å²) < 4.78 is 5.95. The lowest BCUT2D eigenvalue weighted by Gasteiger charge is -2.37. The Morgan fingerprint density at radius 2 is 1.34 bits per heavy atom. The third-order valence-corrected chi connectivity index (χ3v) is 7.25. The summed E-state index contributed by atoms with van der Waals surface area (Å²) in [4.78, 5) is 1.21. The molecule has 0 aliphatic heterocycles. The lowest BCUT2D eigenvalue weighted by atomic mass is 9.79. The minimum absolute atomic E-state index is 0.178. The smallest absolute Gasteiger partial charge is 0.135 e. The summed E-state index contributed by atoms with van der Waals surface area (Å²) >= 11 is 1.79. The Labute approximate surface area is 198 Å². The Balaban J connectivity index is 0.000000860. The first-order valence-corrected chi connectivity index (χ1v) is 12.6. The standard InChI is InChI=1S/C25H26O2S.2C2H6/c1-24(2,25(3,4)26)16-28-19-9-7-8-17(14-19)18-12-13-23-21(15-18)20-10-5-6-11-22(20)27-23;2*1-2/h5-15,26H,16H2,1-4H3;2*1-2H3. The summed E-state index contributed by atoms with van der Waals surface area (Å²) in [6.07, 6.45) is 0. The van der Waals surface area contributed by atoms with Gasteiger partial charge in [0.25, 0.3) is 0 Å². The van der Waals surface area contributed by atoms with Crippen LogP contribution in [0.3, 0.4) is 0 Å². The third kappa shape index (κ3) is 5.76. The highest BCUT2D eigenvalue weighted by Gasteiger charge is 2.34. The lowest BCUT2D eigenvalue weighted by Crippen LogP contribution is -2.40. The molecule has 172 valence electrons. The van der Waals surface area contributed by atoms with Crippen LogP contribution >= 0.6 is 11.8 Å². The van der Waals surface area contributed by atoms with E-state index in [1.165, 1.54) is 16.0 Å². The molecule has 1 heterocycles. The fraction of sp³-hybridized carbons (Fsp3) is 0.379. The maximum absolute atomic E-state index is 10.4. The largest absolute Gasteiger partial charge is 0.456 e. The number of thioether (sulfide) groups is 1. The molecular weight excluding hydrogens is 412 g/mol. The molecule has 0 bridgehead atoms. The SMILES string of the molecule is CC.CC.CC(C)(O)C(C)(C)CSc1cccc(-c2ccc3oc4ccccc4c3c2)c1. The van der Waals surface area contributed by atoms with Crippen molar-refractivity contribution in [2.24, 2.45) is 5.41 Å². The van der Waals surface area contributed by atoms with Crippen molar-refractivity contribution < 1.29 is 9.52 Å². The van der Waals surface area contributed by atoms with Crippen molar-refractivity contribution in [3.05, 3.63) is 66.7 Å². The first kappa shape index (κ1) is 26.0. The monoisotopic (exact) mass is 450 g/mol. The van der Waals surface area contributed by atoms with Crippen molar-refractivity contribution in [1.82, 2.24) is 0 Å². The van der Waals surface area contributed by atoms with Crippen LogP contribution in [0, 0.1) is 5.41 Å². The molecule has 0 unspecified atom stereocenters. The molecular formula is C29H38O2S. The van der Waals surface area contributed by atoms with Crippen LogP contribution in [0.1, 0.15) is 55.4 Å². The fourth-order valence-electron chi connectivity index (χ4n) is 3.11. The highest BCUT2D eigenvalue weighted by atomic mass is 32.2. The van der Waals surface area contributed by atoms with Gasteiger partial charge in [0.1, 0.15) is 11.2 Å². The van der Waals surface area contributed by atoms with Crippen molar-refractivity contribution in [3.8, 4) is 11.1 Å². The van der Waals surface area contributed by atoms with Gasteiger partial charge in [0.15, 0.2) is 0 Å². The van der Waals surface area contributed by atoms with Crippen LogP contribution in [0.15, 0.2) is 76.0 Å². The molecule has 1 N–H and O–H groups in total. The van der Waals surface area contributed by atoms with Crippen molar-refractivity contribution in [1.29, 1.82) is 0 Å². The highest BCUT2D eigenvalue weighted by Crippen LogP contribution is 2.38. The molecule has 4 rings (SSSR count). The molecule has 0 saturated heterocycles. The van der Waals surface area contributed by atoms with E-state index in [4.69, 9.17) is 4.42 Å². The zero-order valence-corrected chi connectivity index (χ0v) is 21.6. The first-order valence-electron chi connectivity index (χ1n) is 11.6. The molecule has 0 aliphatic carbocycles. The van der Waals surface area contributed by atoms with Gasteiger partial charge < -0.3 is 9.52 Å². The summed E-state index contributed by atoms with van der Waals surface area (Å²) in [5.74, 6) is 0.853. The molecule has 2 nitrogen and oxygen atoms in total. The lowest BCUT2D eigenvalue weighted by molar-refractivity contribution is -0.0210. The molecule has 0 fully saturated rings. The molecule has 1 aromatic heterocycles. The van der Waals surface area contributed by atoms with Crippen LogP contribution in [0.2, 0.25) is 0 Å². The van der Waals surface area contributed by atoms with E-state index in [9.17, 15) is 5.11 Å². The number of aliphatic hydroxyl groups is 1. The Kier molecular flexibility index (Phi) is 9.00. The van der Waals surface area contributed by atoms with E-state index in [0.29, 0.717) is 0 Å². The van der Waals surface area contributed by atoms with Gasteiger partial charge in [-0.2, -0.15) is 0 Å². The number of hydrogen-bond donors (Lipinski definition) is 1. The summed E-state index contributed by atoms with van der Waals surface area (Å²) in [6.45, 7) is 16.0. The normalized spacial score (nSPS) is 11.5. The molecule has 0 aliphatic rings. The van der Waals surface area contributed by atoms with Crippen molar-refractivity contribution in [2.45, 2.75) is 65.9 Å². The Morgan fingerprint density at radius 3 is 2.03 bits per heavy atom. The summed E-state index contributed by atoms with van der Waals surface area (Å²) in [6, 6.07) is 23.2. The van der Waals surface area contributed by atoms with Crippen LogP contribution in [0.4, 0.5) is 0 Å². The van der Waals surface area contributed by atoms with E-state index in [1.807, 2.05) is 59.7 Å². The minimum Gasteiger partial charge on any atom is -0.456 e.